The van der Waals surface area contributed by atoms with Gasteiger partial charge in [0.1, 0.15) is 5.15 Å². The van der Waals surface area contributed by atoms with E-state index in [9.17, 15) is 13.2 Å². The van der Waals surface area contributed by atoms with Gasteiger partial charge in [0, 0.05) is 37.1 Å². The Morgan fingerprint density at radius 3 is 2.56 bits per heavy atom. The molecular formula is C23H26ClF3N6O. The number of alkyl halides is 3. The van der Waals surface area contributed by atoms with Crippen molar-refractivity contribution in [1.29, 1.82) is 0 Å². The Kier molecular flexibility index (Phi) is 5.95. The minimum Gasteiger partial charge on any atom is -0.468 e. The predicted molar refractivity (Wildman–Crippen MR) is 124 cm³/mol. The molecule has 0 spiro atoms. The maximum absolute atomic E-state index is 12.7. The zero-order valence-corrected chi connectivity index (χ0v) is 19.6. The fraction of sp³-hybridized carbons (Fsp3) is 0.522. The first-order valence-corrected chi connectivity index (χ1v) is 11.8. The lowest BCUT2D eigenvalue weighted by atomic mass is 9.92. The molecule has 11 heteroatoms. The standard InChI is InChI=1S/C23H26ClF3N6O/c1-13(2)17-5-6-19(34-12-23(25,26)27)33-21(17)30-22(31-33)29-20-14-3-4-15(20)11-32(10-14)16-7-8-28-18(24)9-16/h5-9,13-15,20H,3-4,10-12H2,1-2H3,(H,29,31)/t14-,15+,20?. The highest BCUT2D eigenvalue weighted by Crippen LogP contribution is 2.40. The highest BCUT2D eigenvalue weighted by Gasteiger charge is 2.42. The summed E-state index contributed by atoms with van der Waals surface area (Å²) in [5.74, 6) is 1.34. The van der Waals surface area contributed by atoms with Crippen molar-refractivity contribution in [3.63, 3.8) is 0 Å². The average molecular weight is 495 g/mol. The summed E-state index contributed by atoms with van der Waals surface area (Å²) in [6.45, 7) is 4.38. The minimum absolute atomic E-state index is 0.0182. The summed E-state index contributed by atoms with van der Waals surface area (Å²) in [6, 6.07) is 7.32. The molecule has 3 atom stereocenters. The maximum atomic E-state index is 12.7. The molecule has 2 fully saturated rings. The molecule has 3 aromatic rings. The van der Waals surface area contributed by atoms with E-state index in [0.29, 0.717) is 28.6 Å². The third-order valence-corrected chi connectivity index (χ3v) is 6.90. The number of rotatable bonds is 6. The van der Waals surface area contributed by atoms with E-state index in [1.165, 1.54) is 10.6 Å². The number of nitrogens with zero attached hydrogens (tertiary/aromatic N) is 5. The number of halogens is 4. The number of piperidine rings is 1. The number of fused-ring (bicyclic) bond motifs is 3. The van der Waals surface area contributed by atoms with E-state index >= 15 is 0 Å². The summed E-state index contributed by atoms with van der Waals surface area (Å²) in [7, 11) is 0. The van der Waals surface area contributed by atoms with Gasteiger partial charge in [0.2, 0.25) is 11.8 Å². The van der Waals surface area contributed by atoms with Crippen molar-refractivity contribution in [3.8, 4) is 5.88 Å². The van der Waals surface area contributed by atoms with Gasteiger partial charge in [-0.15, -0.1) is 5.10 Å². The van der Waals surface area contributed by atoms with Gasteiger partial charge in [-0.05, 0) is 54.4 Å². The van der Waals surface area contributed by atoms with Gasteiger partial charge in [0.15, 0.2) is 12.3 Å². The zero-order chi connectivity index (χ0) is 24.0. The highest BCUT2D eigenvalue weighted by atomic mass is 35.5. The van der Waals surface area contributed by atoms with Crippen molar-refractivity contribution in [1.82, 2.24) is 19.6 Å². The first-order chi connectivity index (χ1) is 16.2. The Morgan fingerprint density at radius 1 is 1.18 bits per heavy atom. The minimum atomic E-state index is -4.43. The first kappa shape index (κ1) is 23.0. The van der Waals surface area contributed by atoms with E-state index < -0.39 is 12.8 Å². The first-order valence-electron chi connectivity index (χ1n) is 11.4. The van der Waals surface area contributed by atoms with Gasteiger partial charge >= 0.3 is 6.18 Å². The molecule has 4 heterocycles. The molecule has 1 aliphatic carbocycles. The number of pyridine rings is 2. The molecule has 5 rings (SSSR count). The molecule has 2 aliphatic rings. The lowest BCUT2D eigenvalue weighted by Gasteiger charge is -2.39. The summed E-state index contributed by atoms with van der Waals surface area (Å²) in [5, 5.41) is 8.47. The Balaban J connectivity index is 1.38. The van der Waals surface area contributed by atoms with Crippen LogP contribution in [0.3, 0.4) is 0 Å². The van der Waals surface area contributed by atoms with Crippen LogP contribution in [0, 0.1) is 11.8 Å². The lowest BCUT2D eigenvalue weighted by molar-refractivity contribution is -0.154. The van der Waals surface area contributed by atoms with Crippen LogP contribution in [0.5, 0.6) is 5.88 Å². The molecule has 0 amide bonds. The van der Waals surface area contributed by atoms with E-state index in [1.54, 1.807) is 12.3 Å². The normalized spacial score (nSPS) is 22.6. The summed E-state index contributed by atoms with van der Waals surface area (Å²) >= 11 is 6.08. The number of hydrogen-bond acceptors (Lipinski definition) is 6. The second-order valence-electron chi connectivity index (χ2n) is 9.37. The second-order valence-corrected chi connectivity index (χ2v) is 9.75. The molecule has 1 N–H and O–H groups in total. The van der Waals surface area contributed by atoms with E-state index in [0.717, 1.165) is 37.2 Å². The molecule has 1 aliphatic heterocycles. The van der Waals surface area contributed by atoms with Crippen LogP contribution in [0.15, 0.2) is 30.5 Å². The largest absolute Gasteiger partial charge is 0.468 e. The van der Waals surface area contributed by atoms with Crippen LogP contribution in [-0.2, 0) is 0 Å². The van der Waals surface area contributed by atoms with Crippen molar-refractivity contribution < 1.29 is 17.9 Å². The Bertz CT molecular complexity index is 1170. The van der Waals surface area contributed by atoms with E-state index in [4.69, 9.17) is 16.3 Å². The lowest BCUT2D eigenvalue weighted by Crippen LogP contribution is -2.48. The van der Waals surface area contributed by atoms with Crippen LogP contribution in [0.1, 0.15) is 38.2 Å². The molecule has 0 radical (unpaired) electrons. The summed E-state index contributed by atoms with van der Waals surface area (Å²) in [5.41, 5.74) is 2.47. The highest BCUT2D eigenvalue weighted by molar-refractivity contribution is 6.29. The van der Waals surface area contributed by atoms with Crippen LogP contribution in [0.2, 0.25) is 5.15 Å². The smallest absolute Gasteiger partial charge is 0.422 e. The fourth-order valence-electron chi connectivity index (χ4n) is 5.14. The second kappa shape index (κ2) is 8.79. The summed E-state index contributed by atoms with van der Waals surface area (Å²) < 4.78 is 44.6. The Labute approximate surface area is 200 Å². The molecule has 1 saturated heterocycles. The van der Waals surface area contributed by atoms with E-state index in [1.807, 2.05) is 26.0 Å². The number of nitrogens with one attached hydrogen (secondary N) is 1. The molecule has 7 nitrogen and oxygen atoms in total. The van der Waals surface area contributed by atoms with Crippen molar-refractivity contribution >= 4 is 28.9 Å². The Hall–Kier alpha value is -2.75. The van der Waals surface area contributed by atoms with E-state index in [2.05, 4.69) is 25.3 Å². The van der Waals surface area contributed by atoms with Gasteiger partial charge < -0.3 is 15.0 Å². The molecule has 1 saturated carbocycles. The molecule has 2 bridgehead atoms. The van der Waals surface area contributed by atoms with Crippen molar-refractivity contribution in [2.24, 2.45) is 11.8 Å². The zero-order valence-electron chi connectivity index (χ0n) is 18.9. The SMILES string of the molecule is CC(C)c1ccc(OCC(F)(F)F)n2nc(NC3[C@@H]4CC[C@H]3CN(c3ccnc(Cl)c3)C4)nc12. The summed E-state index contributed by atoms with van der Waals surface area (Å²) in [4.78, 5) is 11.1. The number of hydrogen-bond donors (Lipinski definition) is 1. The average Bonchev–Trinajstić information content (AvgIpc) is 3.28. The van der Waals surface area contributed by atoms with Crippen LogP contribution < -0.4 is 15.0 Å². The Morgan fingerprint density at radius 2 is 1.91 bits per heavy atom. The third-order valence-electron chi connectivity index (χ3n) is 6.69. The van der Waals surface area contributed by atoms with Crippen LogP contribution in [0.4, 0.5) is 24.8 Å². The van der Waals surface area contributed by atoms with Crippen LogP contribution in [0.25, 0.3) is 5.65 Å². The number of aromatic nitrogens is 4. The quantitative estimate of drug-likeness (QED) is 0.477. The summed E-state index contributed by atoms with van der Waals surface area (Å²) in [6.07, 6.45) is -0.545. The van der Waals surface area contributed by atoms with Crippen molar-refractivity contribution in [2.45, 2.75) is 44.8 Å². The topological polar surface area (TPSA) is 67.6 Å². The molecule has 3 aromatic heterocycles. The van der Waals surface area contributed by atoms with Gasteiger partial charge in [-0.25, -0.2) is 4.98 Å². The van der Waals surface area contributed by atoms with Crippen LogP contribution in [-0.4, -0.2) is 51.5 Å². The van der Waals surface area contributed by atoms with Gasteiger partial charge in [0.25, 0.3) is 0 Å². The van der Waals surface area contributed by atoms with Gasteiger partial charge in [-0.2, -0.15) is 22.7 Å². The molecule has 0 aromatic carbocycles. The van der Waals surface area contributed by atoms with Crippen molar-refractivity contribution in [3.05, 3.63) is 41.2 Å². The third kappa shape index (κ3) is 4.60. The maximum Gasteiger partial charge on any atom is 0.422 e. The van der Waals surface area contributed by atoms with Gasteiger partial charge in [0.05, 0.1) is 0 Å². The van der Waals surface area contributed by atoms with E-state index in [-0.39, 0.29) is 17.8 Å². The number of ether oxygens (including phenoxy) is 1. The monoisotopic (exact) mass is 494 g/mol. The molecule has 1 unspecified atom stereocenters. The molecule has 182 valence electrons. The fourth-order valence-corrected chi connectivity index (χ4v) is 5.31. The molecular weight excluding hydrogens is 469 g/mol. The number of anilines is 2. The van der Waals surface area contributed by atoms with Gasteiger partial charge in [-0.1, -0.05) is 25.4 Å². The van der Waals surface area contributed by atoms with Crippen LogP contribution >= 0.6 is 11.6 Å². The van der Waals surface area contributed by atoms with Crippen molar-refractivity contribution in [2.75, 3.05) is 29.9 Å². The van der Waals surface area contributed by atoms with Gasteiger partial charge in [-0.3, -0.25) is 0 Å². The predicted octanol–water partition coefficient (Wildman–Crippen LogP) is 5.17. The molecule has 34 heavy (non-hydrogen) atoms.